The molecule has 0 spiro atoms. The molecule has 0 amide bonds. The molecule has 2 aliphatic heterocycles. The van der Waals surface area contributed by atoms with Crippen molar-refractivity contribution >= 4 is 21.4 Å². The molecule has 31 heavy (non-hydrogen) atoms. The van der Waals surface area contributed by atoms with E-state index in [9.17, 15) is 21.6 Å². The zero-order valence-electron chi connectivity index (χ0n) is 16.6. The second-order valence-electron chi connectivity index (χ2n) is 8.32. The highest BCUT2D eigenvalue weighted by Gasteiger charge is 2.41. The molecule has 0 unspecified atom stereocenters. The normalized spacial score (nSPS) is 25.5. The molecule has 1 aromatic carbocycles. The molecular formula is C20H22F3N3O3S2. The van der Waals surface area contributed by atoms with Crippen molar-refractivity contribution in [2.75, 3.05) is 26.2 Å². The first-order chi connectivity index (χ1) is 14.7. The number of fused-ring (bicyclic) bond motifs is 1. The minimum atomic E-state index is -4.59. The van der Waals surface area contributed by atoms with Gasteiger partial charge in [0.15, 0.2) is 0 Å². The summed E-state index contributed by atoms with van der Waals surface area (Å²) in [7, 11) is -4.00. The maximum absolute atomic E-state index is 13.0. The number of alkyl halides is 3. The van der Waals surface area contributed by atoms with E-state index in [1.54, 1.807) is 11.3 Å². The van der Waals surface area contributed by atoms with Crippen LogP contribution in [0.5, 0.6) is 5.19 Å². The number of nitrogens with zero attached hydrogens (tertiary/aromatic N) is 3. The Balaban J connectivity index is 1.25. The molecule has 3 fully saturated rings. The summed E-state index contributed by atoms with van der Waals surface area (Å²) in [6, 6.07) is 3.92. The first-order valence-electron chi connectivity index (χ1n) is 10.2. The van der Waals surface area contributed by atoms with Crippen LogP contribution in [0.4, 0.5) is 13.2 Å². The summed E-state index contributed by atoms with van der Waals surface area (Å²) in [5.74, 6) is 0.624. The van der Waals surface area contributed by atoms with E-state index < -0.39 is 21.8 Å². The fourth-order valence-corrected chi connectivity index (χ4v) is 6.79. The Morgan fingerprint density at radius 1 is 1.16 bits per heavy atom. The molecule has 2 saturated heterocycles. The number of rotatable bonds is 5. The Labute approximate surface area is 182 Å². The SMILES string of the molecule is O=S(=O)(c1cccc(C(F)(F)F)c1)N1CCN2C[C@H](Oc3ncc(C4CC4)s3)C[C@H]2C1. The molecule has 3 heterocycles. The molecule has 3 aliphatic rings. The maximum Gasteiger partial charge on any atom is 0.416 e. The van der Waals surface area contributed by atoms with E-state index in [-0.39, 0.29) is 30.1 Å². The number of piperazine rings is 1. The molecule has 1 aliphatic carbocycles. The van der Waals surface area contributed by atoms with Crippen LogP contribution in [-0.4, -0.2) is 60.9 Å². The quantitative estimate of drug-likeness (QED) is 0.665. The van der Waals surface area contributed by atoms with Crippen LogP contribution in [0.2, 0.25) is 0 Å². The van der Waals surface area contributed by atoms with Crippen molar-refractivity contribution in [1.82, 2.24) is 14.2 Å². The number of hydrogen-bond donors (Lipinski definition) is 0. The van der Waals surface area contributed by atoms with Crippen molar-refractivity contribution in [3.63, 3.8) is 0 Å². The third-order valence-corrected chi connectivity index (χ3v) is 9.00. The number of ether oxygens (including phenoxy) is 1. The van der Waals surface area contributed by atoms with Crippen molar-refractivity contribution in [2.24, 2.45) is 0 Å². The summed E-state index contributed by atoms with van der Waals surface area (Å²) in [5.41, 5.74) is -0.962. The van der Waals surface area contributed by atoms with Gasteiger partial charge in [0.05, 0.1) is 10.5 Å². The Bertz CT molecular complexity index is 1070. The van der Waals surface area contributed by atoms with Crippen LogP contribution < -0.4 is 4.74 Å². The third-order valence-electron chi connectivity index (χ3n) is 6.09. The average molecular weight is 474 g/mol. The van der Waals surface area contributed by atoms with E-state index >= 15 is 0 Å². The predicted octanol–water partition coefficient (Wildman–Crippen LogP) is 3.57. The monoisotopic (exact) mass is 473 g/mol. The lowest BCUT2D eigenvalue weighted by Crippen LogP contribution is -2.51. The molecule has 2 atom stereocenters. The molecule has 2 aromatic rings. The van der Waals surface area contributed by atoms with Crippen LogP contribution in [-0.2, 0) is 16.2 Å². The fraction of sp³-hybridized carbons (Fsp3) is 0.550. The van der Waals surface area contributed by atoms with Gasteiger partial charge in [0.25, 0.3) is 5.19 Å². The lowest BCUT2D eigenvalue weighted by molar-refractivity contribution is -0.137. The zero-order valence-corrected chi connectivity index (χ0v) is 18.2. The van der Waals surface area contributed by atoms with Gasteiger partial charge in [0, 0.05) is 49.7 Å². The molecule has 168 valence electrons. The van der Waals surface area contributed by atoms with Gasteiger partial charge < -0.3 is 4.74 Å². The van der Waals surface area contributed by atoms with E-state index in [4.69, 9.17) is 4.74 Å². The van der Waals surface area contributed by atoms with E-state index in [1.165, 1.54) is 28.1 Å². The van der Waals surface area contributed by atoms with Crippen LogP contribution in [0.3, 0.4) is 0 Å². The van der Waals surface area contributed by atoms with Crippen LogP contribution in [0.1, 0.15) is 35.6 Å². The second-order valence-corrected chi connectivity index (χ2v) is 11.3. The summed E-state index contributed by atoms with van der Waals surface area (Å²) in [6.07, 6.45) is 0.291. The van der Waals surface area contributed by atoms with E-state index in [2.05, 4.69) is 9.88 Å². The molecule has 11 heteroatoms. The largest absolute Gasteiger partial charge is 0.465 e. The molecule has 0 N–H and O–H groups in total. The zero-order chi connectivity index (χ0) is 21.8. The Kier molecular flexibility index (Phi) is 5.27. The number of sulfonamides is 1. The molecule has 1 saturated carbocycles. The number of aromatic nitrogens is 1. The standard InChI is InChI=1S/C20H22F3N3O3S2/c21-20(22,23)14-2-1-3-17(8-14)31(27,28)26-7-6-25-12-16(9-15(25)11-26)29-19-24-10-18(30-19)13-4-5-13/h1-3,8,10,13,15-16H,4-7,9,11-12H2/t15-,16+/m0/s1. The number of thiazole rings is 1. The van der Waals surface area contributed by atoms with Gasteiger partial charge in [-0.05, 0) is 37.0 Å². The van der Waals surface area contributed by atoms with Gasteiger partial charge in [-0.3, -0.25) is 4.90 Å². The summed E-state index contributed by atoms with van der Waals surface area (Å²) < 4.78 is 72.4. The van der Waals surface area contributed by atoms with Gasteiger partial charge >= 0.3 is 6.18 Å². The van der Waals surface area contributed by atoms with E-state index in [0.29, 0.717) is 36.7 Å². The summed E-state index contributed by atoms with van der Waals surface area (Å²) in [6.45, 7) is 1.70. The summed E-state index contributed by atoms with van der Waals surface area (Å²) >= 11 is 1.58. The highest BCUT2D eigenvalue weighted by atomic mass is 32.2. The minimum absolute atomic E-state index is 0.0258. The molecular weight excluding hydrogens is 451 g/mol. The average Bonchev–Trinajstić information content (AvgIpc) is 3.34. The molecule has 0 bridgehead atoms. The van der Waals surface area contributed by atoms with Crippen LogP contribution >= 0.6 is 11.3 Å². The van der Waals surface area contributed by atoms with Crippen molar-refractivity contribution < 1.29 is 26.3 Å². The highest BCUT2D eigenvalue weighted by Crippen LogP contribution is 2.44. The van der Waals surface area contributed by atoms with Crippen LogP contribution in [0.25, 0.3) is 0 Å². The first kappa shape index (κ1) is 21.2. The highest BCUT2D eigenvalue weighted by molar-refractivity contribution is 7.89. The molecule has 0 radical (unpaired) electrons. The van der Waals surface area contributed by atoms with Gasteiger partial charge in [-0.1, -0.05) is 17.4 Å². The van der Waals surface area contributed by atoms with Crippen LogP contribution in [0, 0.1) is 0 Å². The van der Waals surface area contributed by atoms with Crippen molar-refractivity contribution in [3.8, 4) is 5.19 Å². The summed E-state index contributed by atoms with van der Waals surface area (Å²) in [4.78, 5) is 7.48. The Morgan fingerprint density at radius 2 is 1.97 bits per heavy atom. The lowest BCUT2D eigenvalue weighted by Gasteiger charge is -2.36. The van der Waals surface area contributed by atoms with Crippen LogP contribution in [0.15, 0.2) is 35.4 Å². The lowest BCUT2D eigenvalue weighted by atomic mass is 10.2. The van der Waals surface area contributed by atoms with Crippen molar-refractivity contribution in [2.45, 2.75) is 48.4 Å². The number of benzene rings is 1. The minimum Gasteiger partial charge on any atom is -0.465 e. The van der Waals surface area contributed by atoms with E-state index in [0.717, 1.165) is 12.1 Å². The second kappa shape index (κ2) is 7.72. The van der Waals surface area contributed by atoms with Gasteiger partial charge in [-0.2, -0.15) is 17.5 Å². The van der Waals surface area contributed by atoms with Gasteiger partial charge in [0.1, 0.15) is 6.10 Å². The molecule has 6 nitrogen and oxygen atoms in total. The van der Waals surface area contributed by atoms with Gasteiger partial charge in [0.2, 0.25) is 10.0 Å². The number of hydrogen-bond acceptors (Lipinski definition) is 6. The fourth-order valence-electron chi connectivity index (χ4n) is 4.28. The predicted molar refractivity (Wildman–Crippen MR) is 109 cm³/mol. The van der Waals surface area contributed by atoms with Crippen molar-refractivity contribution in [1.29, 1.82) is 0 Å². The van der Waals surface area contributed by atoms with E-state index in [1.807, 2.05) is 6.20 Å². The molecule has 5 rings (SSSR count). The molecule has 1 aromatic heterocycles. The topological polar surface area (TPSA) is 62.7 Å². The Morgan fingerprint density at radius 3 is 2.71 bits per heavy atom. The Hall–Kier alpha value is -1.69. The number of halogens is 3. The maximum atomic E-state index is 13.0. The third kappa shape index (κ3) is 4.33. The first-order valence-corrected chi connectivity index (χ1v) is 12.5. The van der Waals surface area contributed by atoms with Gasteiger partial charge in [-0.15, -0.1) is 0 Å². The van der Waals surface area contributed by atoms with Gasteiger partial charge in [-0.25, -0.2) is 13.4 Å². The summed E-state index contributed by atoms with van der Waals surface area (Å²) in [5, 5.41) is 0.653. The smallest absolute Gasteiger partial charge is 0.416 e. The van der Waals surface area contributed by atoms with Crippen molar-refractivity contribution in [3.05, 3.63) is 40.9 Å².